The van der Waals surface area contributed by atoms with Crippen molar-refractivity contribution in [1.82, 2.24) is 19.8 Å². The summed E-state index contributed by atoms with van der Waals surface area (Å²) in [6.07, 6.45) is 3.40. The van der Waals surface area contributed by atoms with Gasteiger partial charge in [0.05, 0.1) is 17.4 Å². The molecule has 2 amide bonds. The normalized spacial score (nSPS) is 15.2. The first kappa shape index (κ1) is 23.6. The van der Waals surface area contributed by atoms with Crippen LogP contribution in [0.2, 0.25) is 0 Å². The smallest absolute Gasteiger partial charge is 0.289 e. The summed E-state index contributed by atoms with van der Waals surface area (Å²) in [5.74, 6) is 0.808. The number of aryl methyl sites for hydroxylation is 1. The Morgan fingerprint density at radius 1 is 1.27 bits per heavy atom. The number of carbonyl (C=O) groups is 2. The Morgan fingerprint density at radius 2 is 2.00 bits per heavy atom. The van der Waals surface area contributed by atoms with E-state index in [-0.39, 0.29) is 23.1 Å². The van der Waals surface area contributed by atoms with E-state index in [1.807, 2.05) is 6.92 Å². The molecule has 0 saturated carbocycles. The second-order valence-electron chi connectivity index (χ2n) is 8.34. The third-order valence-electron chi connectivity index (χ3n) is 6.07. The van der Waals surface area contributed by atoms with Crippen molar-refractivity contribution in [1.29, 1.82) is 0 Å². The minimum atomic E-state index is -0.157. The second kappa shape index (κ2) is 10.1. The van der Waals surface area contributed by atoms with Crippen LogP contribution < -0.4 is 5.56 Å². The molecule has 0 aromatic carbocycles. The lowest BCUT2D eigenvalue weighted by atomic mass is 9.98. The molecule has 0 unspecified atom stereocenters. The summed E-state index contributed by atoms with van der Waals surface area (Å²) in [4.78, 5) is 50.7. The quantitative estimate of drug-likeness (QED) is 0.403. The summed E-state index contributed by atoms with van der Waals surface area (Å²) >= 11 is 2.78. The first-order valence-electron chi connectivity index (χ1n) is 11.1. The van der Waals surface area contributed by atoms with Crippen LogP contribution in [0.15, 0.2) is 32.8 Å². The SMILES string of the molecule is CC[C@@H](C)Cc1c(C)sc2nc(SCC(=O)N3CCN(C(=O)c4ccco4)CC3)[nH]c(=O)c12. The largest absolute Gasteiger partial charge is 0.459 e. The minimum absolute atomic E-state index is 0.0346. The molecule has 0 aliphatic carbocycles. The summed E-state index contributed by atoms with van der Waals surface area (Å²) in [6, 6.07) is 3.33. The first-order valence-corrected chi connectivity index (χ1v) is 12.9. The Labute approximate surface area is 200 Å². The molecule has 3 aromatic heterocycles. The molecule has 4 rings (SSSR count). The average molecular weight is 489 g/mol. The van der Waals surface area contributed by atoms with Crippen LogP contribution in [0, 0.1) is 12.8 Å². The molecule has 3 aromatic rings. The fourth-order valence-corrected chi connectivity index (χ4v) is 5.77. The molecular formula is C23H28N4O4S2. The molecule has 1 aliphatic rings. The fraction of sp³-hybridized carbons (Fsp3) is 0.478. The zero-order valence-electron chi connectivity index (χ0n) is 19.1. The van der Waals surface area contributed by atoms with E-state index in [1.54, 1.807) is 21.9 Å². The number of hydrogen-bond donors (Lipinski definition) is 1. The highest BCUT2D eigenvalue weighted by molar-refractivity contribution is 7.99. The fourth-order valence-electron chi connectivity index (χ4n) is 3.90. The van der Waals surface area contributed by atoms with E-state index in [1.165, 1.54) is 29.4 Å². The molecule has 1 aliphatic heterocycles. The Balaban J connectivity index is 1.36. The third kappa shape index (κ3) is 5.16. The first-order chi connectivity index (χ1) is 15.9. The van der Waals surface area contributed by atoms with Crippen LogP contribution in [0.25, 0.3) is 10.2 Å². The number of carbonyl (C=O) groups excluding carboxylic acids is 2. The van der Waals surface area contributed by atoms with Crippen molar-refractivity contribution in [2.24, 2.45) is 5.92 Å². The van der Waals surface area contributed by atoms with Gasteiger partial charge in [-0.15, -0.1) is 11.3 Å². The van der Waals surface area contributed by atoms with Crippen LogP contribution >= 0.6 is 23.1 Å². The van der Waals surface area contributed by atoms with Gasteiger partial charge in [0.1, 0.15) is 4.83 Å². The van der Waals surface area contributed by atoms with Crippen molar-refractivity contribution >= 4 is 45.1 Å². The van der Waals surface area contributed by atoms with E-state index in [9.17, 15) is 14.4 Å². The lowest BCUT2D eigenvalue weighted by Gasteiger charge is -2.34. The molecule has 1 saturated heterocycles. The maximum absolute atomic E-state index is 12.8. The van der Waals surface area contributed by atoms with E-state index >= 15 is 0 Å². The number of piperazine rings is 1. The predicted octanol–water partition coefficient (Wildman–Crippen LogP) is 3.55. The summed E-state index contributed by atoms with van der Waals surface area (Å²) in [7, 11) is 0. The van der Waals surface area contributed by atoms with Crippen LogP contribution in [0.5, 0.6) is 0 Å². The minimum Gasteiger partial charge on any atom is -0.459 e. The maximum atomic E-state index is 12.8. The number of aromatic amines is 1. The van der Waals surface area contributed by atoms with Crippen LogP contribution in [0.4, 0.5) is 0 Å². The topological polar surface area (TPSA) is 99.5 Å². The van der Waals surface area contributed by atoms with Crippen molar-refractivity contribution in [3.8, 4) is 0 Å². The zero-order valence-corrected chi connectivity index (χ0v) is 20.7. The standard InChI is InChI=1S/C23H28N4O4S2/c1-4-14(2)12-16-15(3)33-21-19(16)20(29)24-23(25-21)32-13-18(28)26-7-9-27(10-8-26)22(30)17-6-5-11-31-17/h5-6,11,14H,4,7-10,12-13H2,1-3H3,(H,24,25,29)/t14-/m1/s1. The summed E-state index contributed by atoms with van der Waals surface area (Å²) in [6.45, 7) is 8.24. The van der Waals surface area contributed by atoms with E-state index in [4.69, 9.17) is 4.42 Å². The van der Waals surface area contributed by atoms with E-state index < -0.39 is 0 Å². The van der Waals surface area contributed by atoms with Crippen molar-refractivity contribution in [2.75, 3.05) is 31.9 Å². The van der Waals surface area contributed by atoms with Gasteiger partial charge in [-0.3, -0.25) is 14.4 Å². The number of thioether (sulfide) groups is 1. The summed E-state index contributed by atoms with van der Waals surface area (Å²) in [5, 5.41) is 1.15. The molecule has 1 N–H and O–H groups in total. The van der Waals surface area contributed by atoms with Crippen molar-refractivity contribution in [3.63, 3.8) is 0 Å². The van der Waals surface area contributed by atoms with E-state index in [0.717, 1.165) is 28.1 Å². The number of hydrogen-bond acceptors (Lipinski definition) is 7. The second-order valence-corrected chi connectivity index (χ2v) is 10.5. The Hall–Kier alpha value is -2.59. The van der Waals surface area contributed by atoms with Crippen LogP contribution in [-0.4, -0.2) is 63.5 Å². The Kier molecular flexibility index (Phi) is 7.23. The molecule has 1 atom stereocenters. The number of fused-ring (bicyclic) bond motifs is 1. The van der Waals surface area contributed by atoms with E-state index in [2.05, 4.69) is 23.8 Å². The lowest BCUT2D eigenvalue weighted by Crippen LogP contribution is -2.51. The number of nitrogens with zero attached hydrogens (tertiary/aromatic N) is 3. The maximum Gasteiger partial charge on any atom is 0.289 e. The highest BCUT2D eigenvalue weighted by atomic mass is 32.2. The van der Waals surface area contributed by atoms with Crippen molar-refractivity contribution in [2.45, 2.75) is 38.8 Å². The van der Waals surface area contributed by atoms with Crippen LogP contribution in [0.1, 0.15) is 41.3 Å². The van der Waals surface area contributed by atoms with E-state index in [0.29, 0.717) is 48.4 Å². The van der Waals surface area contributed by atoms with Crippen molar-refractivity contribution in [3.05, 3.63) is 45.0 Å². The highest BCUT2D eigenvalue weighted by Gasteiger charge is 2.26. The van der Waals surface area contributed by atoms with Crippen LogP contribution in [0.3, 0.4) is 0 Å². The molecular weight excluding hydrogens is 460 g/mol. The highest BCUT2D eigenvalue weighted by Crippen LogP contribution is 2.30. The van der Waals surface area contributed by atoms with Crippen LogP contribution in [-0.2, 0) is 11.2 Å². The summed E-state index contributed by atoms with van der Waals surface area (Å²) < 4.78 is 5.17. The van der Waals surface area contributed by atoms with Gasteiger partial charge < -0.3 is 19.2 Å². The Bertz CT molecular complexity index is 1190. The van der Waals surface area contributed by atoms with Gasteiger partial charge in [0, 0.05) is 31.1 Å². The van der Waals surface area contributed by atoms with Gasteiger partial charge in [0.2, 0.25) is 5.91 Å². The number of thiophene rings is 1. The van der Waals surface area contributed by atoms with Gasteiger partial charge in [0.25, 0.3) is 11.5 Å². The number of nitrogens with one attached hydrogen (secondary N) is 1. The number of H-pyrrole nitrogens is 1. The molecule has 0 bridgehead atoms. The summed E-state index contributed by atoms with van der Waals surface area (Å²) in [5.41, 5.74) is 0.954. The number of rotatable bonds is 7. The van der Waals surface area contributed by atoms with Crippen molar-refractivity contribution < 1.29 is 14.0 Å². The average Bonchev–Trinajstić information content (AvgIpc) is 3.45. The van der Waals surface area contributed by atoms with Gasteiger partial charge in [-0.1, -0.05) is 32.0 Å². The molecule has 0 radical (unpaired) electrons. The lowest BCUT2D eigenvalue weighted by molar-refractivity contribution is -0.129. The predicted molar refractivity (Wildman–Crippen MR) is 130 cm³/mol. The van der Waals surface area contributed by atoms with Gasteiger partial charge in [-0.2, -0.15) is 0 Å². The monoisotopic (exact) mass is 488 g/mol. The number of amides is 2. The number of aromatic nitrogens is 2. The molecule has 8 nitrogen and oxygen atoms in total. The zero-order chi connectivity index (χ0) is 23.5. The van der Waals surface area contributed by atoms with Gasteiger partial charge >= 0.3 is 0 Å². The molecule has 0 spiro atoms. The van der Waals surface area contributed by atoms with Gasteiger partial charge in [-0.05, 0) is 37.0 Å². The van der Waals surface area contributed by atoms with Gasteiger partial charge in [0.15, 0.2) is 10.9 Å². The molecule has 4 heterocycles. The molecule has 176 valence electrons. The third-order valence-corrected chi connectivity index (χ3v) is 7.97. The molecule has 33 heavy (non-hydrogen) atoms. The Morgan fingerprint density at radius 3 is 2.67 bits per heavy atom. The molecule has 10 heteroatoms. The number of furan rings is 1. The van der Waals surface area contributed by atoms with Gasteiger partial charge in [-0.25, -0.2) is 4.98 Å². The molecule has 1 fully saturated rings.